The highest BCUT2D eigenvalue weighted by molar-refractivity contribution is 14.0. The Morgan fingerprint density at radius 3 is 2.63 bits per heavy atom. The molecule has 1 aromatic carbocycles. The molecule has 1 atom stereocenters. The van der Waals surface area contributed by atoms with Crippen molar-refractivity contribution in [2.45, 2.75) is 38.1 Å². The van der Waals surface area contributed by atoms with Crippen molar-refractivity contribution in [2.24, 2.45) is 4.99 Å². The zero-order chi connectivity index (χ0) is 18.0. The molecular formula is C21H35IN4O. The number of nitrogens with zero attached hydrogens (tertiary/aromatic N) is 3. The summed E-state index contributed by atoms with van der Waals surface area (Å²) >= 11 is 0. The maximum atomic E-state index is 5.48. The van der Waals surface area contributed by atoms with E-state index in [1.54, 1.807) is 0 Å². The third kappa shape index (κ3) is 7.23. The zero-order valence-corrected chi connectivity index (χ0v) is 18.9. The van der Waals surface area contributed by atoms with Crippen molar-refractivity contribution in [2.75, 3.05) is 53.0 Å². The number of unbranched alkanes of at least 4 members (excludes halogenated alkanes) is 2. The molecule has 6 heteroatoms. The number of halogens is 1. The number of likely N-dealkylation sites (tertiary alicyclic amines) is 1. The monoisotopic (exact) mass is 486 g/mol. The van der Waals surface area contributed by atoms with Gasteiger partial charge in [-0.05, 0) is 31.2 Å². The molecule has 1 N–H and O–H groups in total. The standard InChI is InChI=1S/C21H34N4O.HI/c1-22-21(23-12-7-3-6-10-19-8-4-2-5-9-19)25-13-11-20(18-25)24-14-16-26-17-15-24;/h2,4-5,8-9,20H,3,6-7,10-18H2,1H3,(H,22,23);1H. The van der Waals surface area contributed by atoms with Crippen LogP contribution in [0.4, 0.5) is 0 Å². The summed E-state index contributed by atoms with van der Waals surface area (Å²) < 4.78 is 5.48. The minimum atomic E-state index is 0. The lowest BCUT2D eigenvalue weighted by molar-refractivity contribution is 0.0195. The molecule has 2 heterocycles. The molecule has 27 heavy (non-hydrogen) atoms. The van der Waals surface area contributed by atoms with Gasteiger partial charge in [-0.1, -0.05) is 36.8 Å². The van der Waals surface area contributed by atoms with E-state index in [0.717, 1.165) is 51.9 Å². The molecule has 152 valence electrons. The maximum absolute atomic E-state index is 5.48. The number of benzene rings is 1. The highest BCUT2D eigenvalue weighted by atomic mass is 127. The second kappa shape index (κ2) is 12.6. The lowest BCUT2D eigenvalue weighted by atomic mass is 10.1. The molecule has 0 radical (unpaired) electrons. The van der Waals surface area contributed by atoms with Gasteiger partial charge in [-0.25, -0.2) is 0 Å². The summed E-state index contributed by atoms with van der Waals surface area (Å²) in [5.41, 5.74) is 1.45. The molecule has 1 unspecified atom stereocenters. The van der Waals surface area contributed by atoms with Crippen LogP contribution < -0.4 is 5.32 Å². The number of hydrogen-bond acceptors (Lipinski definition) is 3. The van der Waals surface area contributed by atoms with E-state index >= 15 is 0 Å². The number of nitrogens with one attached hydrogen (secondary N) is 1. The molecule has 0 aliphatic carbocycles. The minimum absolute atomic E-state index is 0. The van der Waals surface area contributed by atoms with E-state index < -0.39 is 0 Å². The summed E-state index contributed by atoms with van der Waals surface area (Å²) in [6.45, 7) is 7.13. The fraction of sp³-hybridized carbons (Fsp3) is 0.667. The number of morpholine rings is 1. The summed E-state index contributed by atoms with van der Waals surface area (Å²) in [4.78, 5) is 9.51. The highest BCUT2D eigenvalue weighted by Gasteiger charge is 2.30. The van der Waals surface area contributed by atoms with Crippen LogP contribution in [0.1, 0.15) is 31.2 Å². The fourth-order valence-electron chi connectivity index (χ4n) is 3.98. The van der Waals surface area contributed by atoms with Crippen molar-refractivity contribution in [3.63, 3.8) is 0 Å². The number of hydrogen-bond donors (Lipinski definition) is 1. The third-order valence-electron chi connectivity index (χ3n) is 5.50. The Morgan fingerprint density at radius 2 is 1.89 bits per heavy atom. The van der Waals surface area contributed by atoms with E-state index in [1.165, 1.54) is 37.7 Å². The first-order valence-corrected chi connectivity index (χ1v) is 10.2. The second-order valence-electron chi connectivity index (χ2n) is 7.31. The number of aliphatic imine (C=N–C) groups is 1. The number of ether oxygens (including phenoxy) is 1. The van der Waals surface area contributed by atoms with Crippen LogP contribution in [0, 0.1) is 0 Å². The third-order valence-corrected chi connectivity index (χ3v) is 5.50. The lowest BCUT2D eigenvalue weighted by Crippen LogP contribution is -2.46. The molecule has 5 nitrogen and oxygen atoms in total. The average molecular weight is 486 g/mol. The Kier molecular flexibility index (Phi) is 10.4. The Labute approximate surface area is 181 Å². The summed E-state index contributed by atoms with van der Waals surface area (Å²) in [6, 6.07) is 11.4. The van der Waals surface area contributed by atoms with E-state index in [2.05, 4.69) is 50.4 Å². The molecule has 2 fully saturated rings. The first kappa shape index (κ1) is 22.4. The maximum Gasteiger partial charge on any atom is 0.193 e. The van der Waals surface area contributed by atoms with E-state index in [0.29, 0.717) is 6.04 Å². The van der Waals surface area contributed by atoms with Crippen molar-refractivity contribution >= 4 is 29.9 Å². The van der Waals surface area contributed by atoms with Gasteiger partial charge in [0, 0.05) is 45.8 Å². The fourth-order valence-corrected chi connectivity index (χ4v) is 3.98. The number of rotatable bonds is 7. The van der Waals surface area contributed by atoms with Gasteiger partial charge in [0.05, 0.1) is 13.2 Å². The topological polar surface area (TPSA) is 40.1 Å². The van der Waals surface area contributed by atoms with Gasteiger partial charge in [-0.3, -0.25) is 9.89 Å². The Hall–Kier alpha value is -0.860. The zero-order valence-electron chi connectivity index (χ0n) is 16.6. The minimum Gasteiger partial charge on any atom is -0.379 e. The van der Waals surface area contributed by atoms with Crippen LogP contribution in [-0.2, 0) is 11.2 Å². The van der Waals surface area contributed by atoms with Crippen molar-refractivity contribution in [1.29, 1.82) is 0 Å². The predicted molar refractivity (Wildman–Crippen MR) is 123 cm³/mol. The van der Waals surface area contributed by atoms with Gasteiger partial charge in [0.2, 0.25) is 0 Å². The highest BCUT2D eigenvalue weighted by Crippen LogP contribution is 2.17. The van der Waals surface area contributed by atoms with Crippen LogP contribution in [0.5, 0.6) is 0 Å². The summed E-state index contributed by atoms with van der Waals surface area (Å²) in [5.74, 6) is 1.07. The predicted octanol–water partition coefficient (Wildman–Crippen LogP) is 3.00. The van der Waals surface area contributed by atoms with Crippen LogP contribution in [-0.4, -0.2) is 74.8 Å². The summed E-state index contributed by atoms with van der Waals surface area (Å²) in [6.07, 6.45) is 6.13. The normalized spacial score (nSPS) is 21.1. The molecule has 3 rings (SSSR count). The van der Waals surface area contributed by atoms with Gasteiger partial charge in [0.25, 0.3) is 0 Å². The molecule has 0 aromatic heterocycles. The summed E-state index contributed by atoms with van der Waals surface area (Å²) in [5, 5.41) is 3.57. The van der Waals surface area contributed by atoms with E-state index in [9.17, 15) is 0 Å². The second-order valence-corrected chi connectivity index (χ2v) is 7.31. The smallest absolute Gasteiger partial charge is 0.193 e. The van der Waals surface area contributed by atoms with Gasteiger partial charge in [-0.2, -0.15) is 0 Å². The van der Waals surface area contributed by atoms with Gasteiger partial charge < -0.3 is 15.0 Å². The van der Waals surface area contributed by atoms with Crippen LogP contribution in [0.15, 0.2) is 35.3 Å². The Morgan fingerprint density at radius 1 is 1.11 bits per heavy atom. The number of guanidine groups is 1. The molecular weight excluding hydrogens is 451 g/mol. The molecule has 2 saturated heterocycles. The van der Waals surface area contributed by atoms with Crippen molar-refractivity contribution in [1.82, 2.24) is 15.1 Å². The quantitative estimate of drug-likeness (QED) is 0.279. The van der Waals surface area contributed by atoms with Gasteiger partial charge in [-0.15, -0.1) is 24.0 Å². The lowest BCUT2D eigenvalue weighted by Gasteiger charge is -2.32. The van der Waals surface area contributed by atoms with Crippen molar-refractivity contribution < 1.29 is 4.74 Å². The van der Waals surface area contributed by atoms with Crippen LogP contribution in [0.2, 0.25) is 0 Å². The SMILES string of the molecule is CN=C(NCCCCCc1ccccc1)N1CCC(N2CCOCC2)C1.I. The first-order valence-electron chi connectivity index (χ1n) is 10.2. The molecule has 1 aromatic rings. The van der Waals surface area contributed by atoms with Gasteiger partial charge in [0.1, 0.15) is 0 Å². The van der Waals surface area contributed by atoms with E-state index in [-0.39, 0.29) is 24.0 Å². The van der Waals surface area contributed by atoms with Crippen molar-refractivity contribution in [3.05, 3.63) is 35.9 Å². The number of aryl methyl sites for hydroxylation is 1. The Balaban J connectivity index is 0.00000261. The molecule has 0 saturated carbocycles. The average Bonchev–Trinajstić information content (AvgIpc) is 3.19. The van der Waals surface area contributed by atoms with E-state index in [4.69, 9.17) is 4.74 Å². The molecule has 2 aliphatic heterocycles. The van der Waals surface area contributed by atoms with Gasteiger partial charge >= 0.3 is 0 Å². The molecule has 2 aliphatic rings. The van der Waals surface area contributed by atoms with Crippen LogP contribution in [0.3, 0.4) is 0 Å². The molecule has 0 spiro atoms. The van der Waals surface area contributed by atoms with Crippen molar-refractivity contribution in [3.8, 4) is 0 Å². The Bertz CT molecular complexity index is 548. The van der Waals surface area contributed by atoms with Gasteiger partial charge in [0.15, 0.2) is 5.96 Å². The molecule has 0 amide bonds. The van der Waals surface area contributed by atoms with Crippen LogP contribution in [0.25, 0.3) is 0 Å². The first-order chi connectivity index (χ1) is 12.9. The summed E-state index contributed by atoms with van der Waals surface area (Å²) in [7, 11) is 1.90. The molecule has 0 bridgehead atoms. The van der Waals surface area contributed by atoms with E-state index in [1.807, 2.05) is 7.05 Å². The van der Waals surface area contributed by atoms with Crippen LogP contribution >= 0.6 is 24.0 Å². The largest absolute Gasteiger partial charge is 0.379 e.